The Morgan fingerprint density at radius 2 is 1.97 bits per heavy atom. The third kappa shape index (κ3) is 4.07. The number of hydrogen-bond acceptors (Lipinski definition) is 4. The van der Waals surface area contributed by atoms with Gasteiger partial charge in [-0.1, -0.05) is 23.7 Å². The average molecular weight is 423 g/mol. The van der Waals surface area contributed by atoms with Gasteiger partial charge < -0.3 is 5.32 Å². The van der Waals surface area contributed by atoms with E-state index >= 15 is 0 Å². The lowest BCUT2D eigenvalue weighted by Gasteiger charge is -2.10. The molecule has 0 unspecified atom stereocenters. The number of nitrogens with one attached hydrogen (secondary N) is 1. The van der Waals surface area contributed by atoms with Crippen molar-refractivity contribution in [3.8, 4) is 11.3 Å². The van der Waals surface area contributed by atoms with Gasteiger partial charge in [0.15, 0.2) is 5.65 Å². The predicted molar refractivity (Wildman–Crippen MR) is 118 cm³/mol. The maximum absolute atomic E-state index is 13.1. The lowest BCUT2D eigenvalue weighted by Crippen LogP contribution is -2.25. The molecular formula is C22H23ClN6O. The van der Waals surface area contributed by atoms with E-state index in [2.05, 4.69) is 15.5 Å². The Labute approximate surface area is 179 Å². The number of nitrogens with zero attached hydrogens (tertiary/aromatic N) is 5. The first kappa shape index (κ1) is 20.1. The summed E-state index contributed by atoms with van der Waals surface area (Å²) in [4.78, 5) is 17.8. The van der Waals surface area contributed by atoms with Gasteiger partial charge in [-0.3, -0.25) is 14.2 Å². The molecule has 0 atom stereocenters. The molecule has 0 spiro atoms. The molecule has 0 saturated heterocycles. The number of pyridine rings is 1. The Hall–Kier alpha value is -3.19. The van der Waals surface area contributed by atoms with Gasteiger partial charge >= 0.3 is 0 Å². The first-order chi connectivity index (χ1) is 14.4. The number of halogens is 1. The van der Waals surface area contributed by atoms with E-state index in [9.17, 15) is 4.79 Å². The first-order valence-electron chi connectivity index (χ1n) is 9.80. The third-order valence-corrected chi connectivity index (χ3v) is 5.22. The quantitative estimate of drug-likeness (QED) is 0.478. The molecule has 0 aliphatic rings. The molecule has 30 heavy (non-hydrogen) atoms. The molecule has 1 N–H and O–H groups in total. The van der Waals surface area contributed by atoms with E-state index in [1.54, 1.807) is 4.68 Å². The van der Waals surface area contributed by atoms with E-state index < -0.39 is 0 Å². The van der Waals surface area contributed by atoms with Gasteiger partial charge in [0, 0.05) is 36.9 Å². The van der Waals surface area contributed by atoms with Crippen LogP contribution in [-0.4, -0.2) is 37.0 Å². The molecule has 4 rings (SSSR count). The molecule has 0 aliphatic heterocycles. The molecule has 154 valence electrons. The molecule has 4 aromatic rings. The summed E-state index contributed by atoms with van der Waals surface area (Å²) < 4.78 is 3.59. The molecule has 0 radical (unpaired) electrons. The Morgan fingerprint density at radius 1 is 1.20 bits per heavy atom. The van der Waals surface area contributed by atoms with Crippen molar-refractivity contribution in [3.05, 3.63) is 64.6 Å². The third-order valence-electron chi connectivity index (χ3n) is 4.97. The fourth-order valence-electron chi connectivity index (χ4n) is 3.52. The molecule has 0 aliphatic carbocycles. The van der Waals surface area contributed by atoms with Gasteiger partial charge in [0.05, 0.1) is 28.5 Å². The second kappa shape index (κ2) is 8.28. The summed E-state index contributed by atoms with van der Waals surface area (Å²) >= 11 is 6.02. The minimum atomic E-state index is -0.134. The summed E-state index contributed by atoms with van der Waals surface area (Å²) in [6.07, 6.45) is 4.61. The highest BCUT2D eigenvalue weighted by Crippen LogP contribution is 2.27. The number of benzene rings is 1. The summed E-state index contributed by atoms with van der Waals surface area (Å²) in [5.74, 6) is -0.134. The monoisotopic (exact) mass is 422 g/mol. The van der Waals surface area contributed by atoms with Crippen LogP contribution in [-0.2, 0) is 13.6 Å². The van der Waals surface area contributed by atoms with Crippen molar-refractivity contribution >= 4 is 28.5 Å². The zero-order chi connectivity index (χ0) is 21.3. The van der Waals surface area contributed by atoms with Crippen LogP contribution in [0.3, 0.4) is 0 Å². The van der Waals surface area contributed by atoms with Gasteiger partial charge in [-0.2, -0.15) is 10.2 Å². The number of fused-ring (bicyclic) bond motifs is 1. The maximum atomic E-state index is 13.1. The molecule has 1 amide bonds. The van der Waals surface area contributed by atoms with Gasteiger partial charge in [0.1, 0.15) is 0 Å². The topological polar surface area (TPSA) is 77.6 Å². The van der Waals surface area contributed by atoms with Crippen molar-refractivity contribution in [2.24, 2.45) is 7.05 Å². The highest BCUT2D eigenvalue weighted by molar-refractivity contribution is 6.30. The van der Waals surface area contributed by atoms with E-state index in [4.69, 9.17) is 16.6 Å². The fraction of sp³-hybridized carbons (Fsp3) is 0.273. The minimum Gasteiger partial charge on any atom is -0.352 e. The Kier molecular flexibility index (Phi) is 5.55. The number of aromatic nitrogens is 5. The maximum Gasteiger partial charge on any atom is 0.252 e. The fourth-order valence-corrected chi connectivity index (χ4v) is 3.65. The molecule has 1 aromatic carbocycles. The molecule has 7 nitrogen and oxygen atoms in total. The van der Waals surface area contributed by atoms with E-state index in [0.717, 1.165) is 35.2 Å². The van der Waals surface area contributed by atoms with Crippen LogP contribution < -0.4 is 5.32 Å². The van der Waals surface area contributed by atoms with E-state index in [1.165, 1.54) is 0 Å². The Morgan fingerprint density at radius 3 is 2.67 bits per heavy atom. The van der Waals surface area contributed by atoms with Crippen LogP contribution in [0.15, 0.2) is 42.7 Å². The molecule has 3 heterocycles. The van der Waals surface area contributed by atoms with Gasteiger partial charge in [-0.15, -0.1) is 0 Å². The van der Waals surface area contributed by atoms with Gasteiger partial charge in [0.2, 0.25) is 0 Å². The van der Waals surface area contributed by atoms with Gasteiger partial charge in [-0.05, 0) is 44.0 Å². The number of rotatable bonds is 6. The van der Waals surface area contributed by atoms with Crippen molar-refractivity contribution in [2.45, 2.75) is 26.8 Å². The van der Waals surface area contributed by atoms with Crippen LogP contribution in [0.2, 0.25) is 5.02 Å². The molecular weight excluding hydrogens is 400 g/mol. The second-order valence-electron chi connectivity index (χ2n) is 7.36. The summed E-state index contributed by atoms with van der Waals surface area (Å²) in [7, 11) is 1.84. The lowest BCUT2D eigenvalue weighted by atomic mass is 10.0. The minimum absolute atomic E-state index is 0.134. The van der Waals surface area contributed by atoms with Crippen molar-refractivity contribution in [1.82, 2.24) is 29.9 Å². The van der Waals surface area contributed by atoms with Gasteiger partial charge in [-0.25, -0.2) is 4.98 Å². The number of aryl methyl sites for hydroxylation is 4. The largest absolute Gasteiger partial charge is 0.352 e. The van der Waals surface area contributed by atoms with Crippen molar-refractivity contribution in [3.63, 3.8) is 0 Å². The second-order valence-corrected chi connectivity index (χ2v) is 7.80. The number of amides is 1. The summed E-state index contributed by atoms with van der Waals surface area (Å²) in [5, 5.41) is 13.2. The molecule has 0 saturated carbocycles. The van der Waals surface area contributed by atoms with Crippen molar-refractivity contribution < 1.29 is 4.79 Å². The Balaban J connectivity index is 1.59. The zero-order valence-corrected chi connectivity index (χ0v) is 17.9. The van der Waals surface area contributed by atoms with E-state index in [1.807, 2.05) is 68.3 Å². The van der Waals surface area contributed by atoms with Crippen LogP contribution in [0.1, 0.15) is 28.0 Å². The van der Waals surface area contributed by atoms with E-state index in [-0.39, 0.29) is 5.91 Å². The molecule has 0 fully saturated rings. The van der Waals surface area contributed by atoms with Crippen LogP contribution in [0.5, 0.6) is 0 Å². The smallest absolute Gasteiger partial charge is 0.252 e. The van der Waals surface area contributed by atoms with Crippen LogP contribution in [0, 0.1) is 13.8 Å². The van der Waals surface area contributed by atoms with Crippen molar-refractivity contribution in [2.75, 3.05) is 6.54 Å². The predicted octanol–water partition coefficient (Wildman–Crippen LogP) is 3.92. The standard InChI is InChI=1S/C22H23ClN6O/c1-14-12-25-29(13-14)10-4-9-24-22(30)18-11-19(16-5-7-17(23)8-6-16)26-21-20(18)15(2)27-28(21)3/h5-8,11-13H,4,9-10H2,1-3H3,(H,24,30). The van der Waals surface area contributed by atoms with Crippen LogP contribution in [0.4, 0.5) is 0 Å². The first-order valence-corrected chi connectivity index (χ1v) is 10.2. The average Bonchev–Trinajstić information content (AvgIpc) is 3.27. The summed E-state index contributed by atoms with van der Waals surface area (Å²) in [6.45, 7) is 5.20. The zero-order valence-electron chi connectivity index (χ0n) is 17.2. The highest BCUT2D eigenvalue weighted by Gasteiger charge is 2.19. The van der Waals surface area contributed by atoms with Crippen molar-refractivity contribution in [1.29, 1.82) is 0 Å². The highest BCUT2D eigenvalue weighted by atomic mass is 35.5. The lowest BCUT2D eigenvalue weighted by molar-refractivity contribution is 0.0954. The Bertz CT molecular complexity index is 1210. The molecule has 3 aromatic heterocycles. The molecule has 8 heteroatoms. The number of carbonyl (C=O) groups is 1. The van der Waals surface area contributed by atoms with E-state index in [0.29, 0.717) is 28.5 Å². The van der Waals surface area contributed by atoms with Crippen LogP contribution in [0.25, 0.3) is 22.3 Å². The van der Waals surface area contributed by atoms with Crippen LogP contribution >= 0.6 is 11.6 Å². The number of hydrogen-bond donors (Lipinski definition) is 1. The summed E-state index contributed by atoms with van der Waals surface area (Å²) in [5.41, 5.74) is 4.75. The molecule has 0 bridgehead atoms. The SMILES string of the molecule is Cc1cnn(CCCNC(=O)c2cc(-c3ccc(Cl)cc3)nc3c2c(C)nn3C)c1. The van der Waals surface area contributed by atoms with Gasteiger partial charge in [0.25, 0.3) is 5.91 Å². The normalized spacial score (nSPS) is 11.2. The number of carbonyl (C=O) groups excluding carboxylic acids is 1. The summed E-state index contributed by atoms with van der Waals surface area (Å²) in [6, 6.07) is 9.25.